The molecule has 0 aliphatic carbocycles. The first-order chi connectivity index (χ1) is 11.5. The molecule has 0 fully saturated rings. The lowest BCUT2D eigenvalue weighted by molar-refractivity contribution is 0.101. The lowest BCUT2D eigenvalue weighted by Gasteiger charge is -2.16. The van der Waals surface area contributed by atoms with E-state index in [9.17, 15) is 4.79 Å². The molecule has 24 heavy (non-hydrogen) atoms. The van der Waals surface area contributed by atoms with Crippen molar-refractivity contribution in [1.82, 2.24) is 14.9 Å². The summed E-state index contributed by atoms with van der Waals surface area (Å²) in [5.74, 6) is -0.0430. The molecule has 3 aromatic rings. The third-order valence-electron chi connectivity index (χ3n) is 3.73. The fourth-order valence-corrected chi connectivity index (χ4v) is 3.21. The topological polar surface area (TPSA) is 49.0 Å². The number of aromatic amines is 1. The van der Waals surface area contributed by atoms with Gasteiger partial charge in [-0.1, -0.05) is 12.2 Å². The number of allylic oxidation sites excluding steroid dienone is 3. The first-order valence-corrected chi connectivity index (χ1v) is 8.50. The summed E-state index contributed by atoms with van der Waals surface area (Å²) in [6, 6.07) is 4.07. The van der Waals surface area contributed by atoms with Crippen LogP contribution in [-0.2, 0) is 0 Å². The van der Waals surface area contributed by atoms with Crippen molar-refractivity contribution in [3.8, 4) is 11.1 Å². The van der Waals surface area contributed by atoms with Gasteiger partial charge in [0.05, 0.1) is 11.3 Å². The van der Waals surface area contributed by atoms with Crippen LogP contribution in [0.2, 0.25) is 0 Å². The summed E-state index contributed by atoms with van der Waals surface area (Å²) in [6.07, 6.45) is 5.36. The SMILES string of the molecule is C=C(C)/C=C(/C(=O)c1c[nH]c2ncc(-c3ccsc3)cc12)N(C)C. The van der Waals surface area contributed by atoms with Crippen molar-refractivity contribution < 1.29 is 4.79 Å². The van der Waals surface area contributed by atoms with E-state index in [4.69, 9.17) is 0 Å². The molecular formula is C19H19N3OS. The molecule has 0 unspecified atom stereocenters. The number of aromatic nitrogens is 2. The predicted molar refractivity (Wildman–Crippen MR) is 100 cm³/mol. The normalized spacial score (nSPS) is 11.7. The minimum absolute atomic E-state index is 0.0430. The monoisotopic (exact) mass is 337 g/mol. The number of rotatable bonds is 5. The van der Waals surface area contributed by atoms with Gasteiger partial charge in [-0.15, -0.1) is 0 Å². The van der Waals surface area contributed by atoms with Crippen molar-refractivity contribution in [3.05, 3.63) is 64.8 Å². The molecule has 122 valence electrons. The van der Waals surface area contributed by atoms with Crippen molar-refractivity contribution in [1.29, 1.82) is 0 Å². The summed E-state index contributed by atoms with van der Waals surface area (Å²) in [5.41, 5.74) is 4.89. The van der Waals surface area contributed by atoms with Gasteiger partial charge in [0.25, 0.3) is 0 Å². The van der Waals surface area contributed by atoms with Crippen molar-refractivity contribution in [3.63, 3.8) is 0 Å². The largest absolute Gasteiger partial charge is 0.374 e. The summed E-state index contributed by atoms with van der Waals surface area (Å²) in [4.78, 5) is 22.4. The highest BCUT2D eigenvalue weighted by Gasteiger charge is 2.19. The molecule has 3 heterocycles. The third-order valence-corrected chi connectivity index (χ3v) is 4.41. The minimum Gasteiger partial charge on any atom is -0.374 e. The Labute approximate surface area is 145 Å². The fourth-order valence-electron chi connectivity index (χ4n) is 2.55. The molecule has 3 rings (SSSR count). The summed E-state index contributed by atoms with van der Waals surface area (Å²) in [5, 5.41) is 4.93. The molecule has 0 radical (unpaired) electrons. The predicted octanol–water partition coefficient (Wildman–Crippen LogP) is 4.50. The number of ketones is 1. The molecule has 4 nitrogen and oxygen atoms in total. The molecule has 0 saturated carbocycles. The Morgan fingerprint density at radius 1 is 1.38 bits per heavy atom. The quantitative estimate of drug-likeness (QED) is 0.424. The Hall–Kier alpha value is -2.66. The maximum absolute atomic E-state index is 13.0. The van der Waals surface area contributed by atoms with Gasteiger partial charge in [0.15, 0.2) is 0 Å². The molecule has 0 bridgehead atoms. The van der Waals surface area contributed by atoms with Gasteiger partial charge < -0.3 is 9.88 Å². The molecule has 0 aliphatic heterocycles. The molecule has 0 amide bonds. The van der Waals surface area contributed by atoms with Crippen molar-refractivity contribution >= 4 is 28.2 Å². The Bertz CT molecular complexity index is 933. The second kappa shape index (κ2) is 6.45. The highest BCUT2D eigenvalue weighted by Crippen LogP contribution is 2.27. The average molecular weight is 337 g/mol. The molecule has 1 N–H and O–H groups in total. The summed E-state index contributed by atoms with van der Waals surface area (Å²) >= 11 is 1.64. The number of thiophene rings is 1. The molecule has 0 aromatic carbocycles. The highest BCUT2D eigenvalue weighted by atomic mass is 32.1. The first kappa shape index (κ1) is 16.2. The maximum atomic E-state index is 13.0. The van der Waals surface area contributed by atoms with Gasteiger partial charge in [-0.25, -0.2) is 4.98 Å². The van der Waals surface area contributed by atoms with Crippen molar-refractivity contribution in [2.45, 2.75) is 6.92 Å². The van der Waals surface area contributed by atoms with E-state index in [0.717, 1.165) is 22.1 Å². The number of nitrogens with zero attached hydrogens (tertiary/aromatic N) is 2. The maximum Gasteiger partial charge on any atom is 0.211 e. The molecule has 0 spiro atoms. The van der Waals surface area contributed by atoms with Crippen LogP contribution in [0.1, 0.15) is 17.3 Å². The van der Waals surface area contributed by atoms with E-state index in [1.54, 1.807) is 23.6 Å². The molecule has 5 heteroatoms. The van der Waals surface area contributed by atoms with E-state index in [1.807, 2.05) is 49.6 Å². The van der Waals surface area contributed by atoms with Crippen LogP contribution < -0.4 is 0 Å². The lowest BCUT2D eigenvalue weighted by atomic mass is 10.0. The second-order valence-corrected chi connectivity index (χ2v) is 6.71. The van der Waals surface area contributed by atoms with Gasteiger partial charge >= 0.3 is 0 Å². The number of nitrogens with one attached hydrogen (secondary N) is 1. The highest BCUT2D eigenvalue weighted by molar-refractivity contribution is 7.08. The number of carbonyl (C=O) groups is 1. The second-order valence-electron chi connectivity index (χ2n) is 5.93. The number of likely N-dealkylation sites (N-methyl/N-ethyl adjacent to an activating group) is 1. The Balaban J connectivity index is 2.10. The van der Waals surface area contributed by atoms with Gasteiger partial charge in [0.1, 0.15) is 5.65 Å². The number of hydrogen-bond acceptors (Lipinski definition) is 4. The Kier molecular flexibility index (Phi) is 4.36. The van der Waals surface area contributed by atoms with Gasteiger partial charge in [0.2, 0.25) is 5.78 Å². The zero-order valence-corrected chi connectivity index (χ0v) is 14.8. The van der Waals surface area contributed by atoms with Gasteiger partial charge in [0, 0.05) is 37.4 Å². The van der Waals surface area contributed by atoms with Crippen LogP contribution in [0, 0.1) is 0 Å². The standard InChI is InChI=1S/C19H19N3OS/c1-12(2)7-17(22(3)4)18(23)16-10-21-19-15(16)8-14(9-20-19)13-5-6-24-11-13/h5-11H,1H2,2-4H3,(H,20,21)/b17-7-. The third kappa shape index (κ3) is 3.03. The summed E-state index contributed by atoms with van der Waals surface area (Å²) in [6.45, 7) is 5.75. The zero-order chi connectivity index (χ0) is 17.3. The van der Waals surface area contributed by atoms with Crippen LogP contribution in [0.4, 0.5) is 0 Å². The van der Waals surface area contributed by atoms with Crippen LogP contribution >= 0.6 is 11.3 Å². The van der Waals surface area contributed by atoms with Crippen LogP contribution in [0.5, 0.6) is 0 Å². The average Bonchev–Trinajstić information content (AvgIpc) is 3.20. The van der Waals surface area contributed by atoms with Gasteiger partial charge in [-0.2, -0.15) is 11.3 Å². The number of pyridine rings is 1. The van der Waals surface area contributed by atoms with E-state index in [1.165, 1.54) is 0 Å². The minimum atomic E-state index is -0.0430. The molecule has 3 aromatic heterocycles. The van der Waals surface area contributed by atoms with E-state index < -0.39 is 0 Å². The van der Waals surface area contributed by atoms with E-state index in [2.05, 4.69) is 21.9 Å². The zero-order valence-electron chi connectivity index (χ0n) is 14.0. The number of carbonyl (C=O) groups excluding carboxylic acids is 1. The van der Waals surface area contributed by atoms with Gasteiger partial charge in [-0.05, 0) is 41.5 Å². The lowest BCUT2D eigenvalue weighted by Crippen LogP contribution is -2.19. The van der Waals surface area contributed by atoms with Crippen LogP contribution in [-0.4, -0.2) is 34.7 Å². The van der Waals surface area contributed by atoms with Crippen LogP contribution in [0.3, 0.4) is 0 Å². The van der Waals surface area contributed by atoms with Crippen LogP contribution in [0.15, 0.2) is 59.2 Å². The van der Waals surface area contributed by atoms with Crippen molar-refractivity contribution in [2.75, 3.05) is 14.1 Å². The number of hydrogen-bond donors (Lipinski definition) is 1. The van der Waals surface area contributed by atoms with Gasteiger partial charge in [-0.3, -0.25) is 4.79 Å². The summed E-state index contributed by atoms with van der Waals surface area (Å²) < 4.78 is 0. The molecule has 0 atom stereocenters. The van der Waals surface area contributed by atoms with Crippen LogP contribution in [0.25, 0.3) is 22.2 Å². The Morgan fingerprint density at radius 2 is 2.17 bits per heavy atom. The van der Waals surface area contributed by atoms with E-state index >= 15 is 0 Å². The fraction of sp³-hybridized carbons (Fsp3) is 0.158. The molecular weight excluding hydrogens is 318 g/mol. The molecule has 0 aliphatic rings. The summed E-state index contributed by atoms with van der Waals surface area (Å²) in [7, 11) is 3.72. The first-order valence-electron chi connectivity index (χ1n) is 7.56. The smallest absolute Gasteiger partial charge is 0.211 e. The molecule has 0 saturated heterocycles. The number of fused-ring (bicyclic) bond motifs is 1. The van der Waals surface area contributed by atoms with E-state index in [0.29, 0.717) is 16.9 Å². The Morgan fingerprint density at radius 3 is 2.79 bits per heavy atom. The number of H-pyrrole nitrogens is 1. The van der Waals surface area contributed by atoms with Crippen molar-refractivity contribution in [2.24, 2.45) is 0 Å². The number of Topliss-reactive ketones (excluding diaryl/α,β-unsaturated/α-hetero) is 1. The van der Waals surface area contributed by atoms with E-state index in [-0.39, 0.29) is 5.78 Å².